The lowest BCUT2D eigenvalue weighted by molar-refractivity contribution is -0.237. The van der Waals surface area contributed by atoms with Gasteiger partial charge in [0.2, 0.25) is 15.8 Å². The Hall–Kier alpha value is -1.98. The van der Waals surface area contributed by atoms with Gasteiger partial charge in [-0.2, -0.15) is 0 Å². The van der Waals surface area contributed by atoms with E-state index in [1.54, 1.807) is 36.4 Å². The third-order valence-corrected chi connectivity index (χ3v) is 5.25. The topological polar surface area (TPSA) is 112 Å². The van der Waals surface area contributed by atoms with Crippen LogP contribution in [0.25, 0.3) is 0 Å². The Labute approximate surface area is 158 Å². The number of hydrogen-bond acceptors (Lipinski definition) is 7. The predicted molar refractivity (Wildman–Crippen MR) is 97.9 cm³/mol. The van der Waals surface area contributed by atoms with Crippen molar-refractivity contribution in [3.8, 4) is 5.75 Å². The highest BCUT2D eigenvalue weighted by Crippen LogP contribution is 2.24. The van der Waals surface area contributed by atoms with Crippen LogP contribution < -0.4 is 14.8 Å². The highest BCUT2D eigenvalue weighted by Gasteiger charge is 2.36. The zero-order chi connectivity index (χ0) is 19.9. The molecule has 10 heteroatoms. The number of carbonyl (C=O) groups excluding carboxylic acids is 1. The van der Waals surface area contributed by atoms with Crippen LogP contribution in [-0.4, -0.2) is 66.6 Å². The Balaban J connectivity index is 1.82. The van der Waals surface area contributed by atoms with E-state index in [1.807, 2.05) is 0 Å². The predicted octanol–water partition coefficient (Wildman–Crippen LogP) is 0.246. The molecule has 1 heterocycles. The molecule has 2 atom stereocenters. The monoisotopic (exact) mass is 400 g/mol. The van der Waals surface area contributed by atoms with Crippen LogP contribution in [0.5, 0.6) is 5.75 Å². The van der Waals surface area contributed by atoms with Crippen LogP contribution in [-0.2, 0) is 24.2 Å². The molecule has 150 valence electrons. The molecule has 1 aliphatic rings. The van der Waals surface area contributed by atoms with E-state index < -0.39 is 22.1 Å². The molecule has 0 aliphatic carbocycles. The molecule has 0 fully saturated rings. The van der Waals surface area contributed by atoms with Crippen LogP contribution in [0.3, 0.4) is 0 Å². The van der Waals surface area contributed by atoms with E-state index in [0.29, 0.717) is 11.3 Å². The van der Waals surface area contributed by atoms with Crippen molar-refractivity contribution in [2.24, 2.45) is 0 Å². The molecule has 0 saturated heterocycles. The van der Waals surface area contributed by atoms with E-state index >= 15 is 0 Å². The normalized spacial score (nSPS) is 22.0. The van der Waals surface area contributed by atoms with Gasteiger partial charge in [0, 0.05) is 26.3 Å². The summed E-state index contributed by atoms with van der Waals surface area (Å²) in [5.74, 6) is -1.36. The van der Waals surface area contributed by atoms with Crippen molar-refractivity contribution >= 4 is 15.9 Å². The molecular formula is C17H24N2O7S. The molecule has 0 aromatic heterocycles. The minimum absolute atomic E-state index is 0.0528. The first-order chi connectivity index (χ1) is 12.8. The second kappa shape index (κ2) is 9.29. The second-order valence-electron chi connectivity index (χ2n) is 5.72. The van der Waals surface area contributed by atoms with Gasteiger partial charge in [-0.05, 0) is 30.4 Å². The molecule has 0 spiro atoms. The van der Waals surface area contributed by atoms with Crippen LogP contribution in [0.1, 0.15) is 10.4 Å². The lowest BCUT2D eigenvalue weighted by Crippen LogP contribution is -2.46. The maximum atomic E-state index is 12.2. The number of hydrogen-bond donors (Lipinski definition) is 2. The van der Waals surface area contributed by atoms with Gasteiger partial charge in [-0.25, -0.2) is 13.1 Å². The van der Waals surface area contributed by atoms with Gasteiger partial charge in [0.05, 0.1) is 19.4 Å². The molecule has 1 amide bonds. The summed E-state index contributed by atoms with van der Waals surface area (Å²) < 4.78 is 47.6. The number of ether oxygens (including phenoxy) is 4. The van der Waals surface area contributed by atoms with Crippen LogP contribution in [0, 0.1) is 0 Å². The van der Waals surface area contributed by atoms with Gasteiger partial charge in [0.1, 0.15) is 5.75 Å². The summed E-state index contributed by atoms with van der Waals surface area (Å²) in [6, 6.07) is 6.58. The molecular weight excluding hydrogens is 376 g/mol. The first-order valence-electron chi connectivity index (χ1n) is 8.18. The number of rotatable bonds is 10. The molecule has 1 aromatic rings. The SMILES string of the molecule is COc1cccc(C(=O)NCCS(=O)(=O)NC[C@@]2(OC)C=C[C@@H](OC)O2)c1. The van der Waals surface area contributed by atoms with Gasteiger partial charge in [-0.15, -0.1) is 0 Å². The number of methoxy groups -OCH3 is 3. The minimum atomic E-state index is -3.66. The van der Waals surface area contributed by atoms with Crippen molar-refractivity contribution in [3.63, 3.8) is 0 Å². The number of amides is 1. The van der Waals surface area contributed by atoms with E-state index in [9.17, 15) is 13.2 Å². The zero-order valence-corrected chi connectivity index (χ0v) is 16.2. The molecule has 0 unspecified atom stereocenters. The summed E-state index contributed by atoms with van der Waals surface area (Å²) in [7, 11) is 0.720. The fraction of sp³-hybridized carbons (Fsp3) is 0.471. The molecule has 1 aliphatic heterocycles. The largest absolute Gasteiger partial charge is 0.497 e. The van der Waals surface area contributed by atoms with Gasteiger partial charge < -0.3 is 24.3 Å². The third-order valence-electron chi connectivity index (χ3n) is 3.93. The van der Waals surface area contributed by atoms with Crippen LogP contribution in [0.2, 0.25) is 0 Å². The lowest BCUT2D eigenvalue weighted by Gasteiger charge is -2.27. The lowest BCUT2D eigenvalue weighted by atomic mass is 10.2. The molecule has 27 heavy (non-hydrogen) atoms. The van der Waals surface area contributed by atoms with E-state index in [4.69, 9.17) is 18.9 Å². The van der Waals surface area contributed by atoms with Crippen molar-refractivity contribution in [3.05, 3.63) is 42.0 Å². The van der Waals surface area contributed by atoms with E-state index in [0.717, 1.165) is 0 Å². The highest BCUT2D eigenvalue weighted by atomic mass is 32.2. The van der Waals surface area contributed by atoms with Crippen molar-refractivity contribution in [2.75, 3.05) is 40.2 Å². The summed E-state index contributed by atoms with van der Waals surface area (Å²) in [5, 5.41) is 2.56. The Morgan fingerprint density at radius 3 is 2.70 bits per heavy atom. The number of benzene rings is 1. The smallest absolute Gasteiger partial charge is 0.251 e. The van der Waals surface area contributed by atoms with Crippen LogP contribution >= 0.6 is 0 Å². The fourth-order valence-corrected chi connectivity index (χ4v) is 3.30. The summed E-state index contributed by atoms with van der Waals surface area (Å²) in [6.07, 6.45) is 2.62. The molecule has 2 rings (SSSR count). The fourth-order valence-electron chi connectivity index (χ4n) is 2.36. The molecule has 2 N–H and O–H groups in total. The van der Waals surface area contributed by atoms with Gasteiger partial charge in [-0.1, -0.05) is 6.07 Å². The van der Waals surface area contributed by atoms with Crippen molar-refractivity contribution < 1.29 is 32.2 Å². The van der Waals surface area contributed by atoms with Crippen molar-refractivity contribution in [1.82, 2.24) is 10.0 Å². The van der Waals surface area contributed by atoms with E-state index in [-0.39, 0.29) is 24.7 Å². The van der Waals surface area contributed by atoms with Gasteiger partial charge in [0.25, 0.3) is 5.91 Å². The quantitative estimate of drug-likeness (QED) is 0.541. The summed E-state index contributed by atoms with van der Waals surface area (Å²) >= 11 is 0. The maximum absolute atomic E-state index is 12.2. The maximum Gasteiger partial charge on any atom is 0.251 e. The summed E-state index contributed by atoms with van der Waals surface area (Å²) in [4.78, 5) is 12.1. The molecule has 0 bridgehead atoms. The first-order valence-corrected chi connectivity index (χ1v) is 9.83. The van der Waals surface area contributed by atoms with E-state index in [2.05, 4.69) is 10.0 Å². The van der Waals surface area contributed by atoms with E-state index in [1.165, 1.54) is 21.3 Å². The Bertz CT molecular complexity index is 781. The van der Waals surface area contributed by atoms with Gasteiger partial charge in [-0.3, -0.25) is 4.79 Å². The van der Waals surface area contributed by atoms with Crippen molar-refractivity contribution in [1.29, 1.82) is 0 Å². The second-order valence-corrected chi connectivity index (χ2v) is 7.65. The number of carbonyl (C=O) groups is 1. The Morgan fingerprint density at radius 1 is 1.30 bits per heavy atom. The molecule has 9 nitrogen and oxygen atoms in total. The Morgan fingerprint density at radius 2 is 2.07 bits per heavy atom. The number of nitrogens with one attached hydrogen (secondary N) is 2. The van der Waals surface area contributed by atoms with Gasteiger partial charge in [0.15, 0.2) is 6.29 Å². The van der Waals surface area contributed by atoms with Crippen molar-refractivity contribution in [2.45, 2.75) is 12.1 Å². The van der Waals surface area contributed by atoms with Gasteiger partial charge >= 0.3 is 0 Å². The van der Waals surface area contributed by atoms with Crippen LogP contribution in [0.15, 0.2) is 36.4 Å². The third kappa shape index (κ3) is 6.01. The Kier molecular flexibility index (Phi) is 7.33. The number of sulfonamides is 1. The average Bonchev–Trinajstić information content (AvgIpc) is 3.11. The average molecular weight is 400 g/mol. The molecule has 0 saturated carbocycles. The minimum Gasteiger partial charge on any atom is -0.497 e. The summed E-state index contributed by atoms with van der Waals surface area (Å²) in [5.41, 5.74) is 0.383. The zero-order valence-electron chi connectivity index (χ0n) is 15.4. The van der Waals surface area contributed by atoms with Crippen LogP contribution in [0.4, 0.5) is 0 Å². The molecule has 0 radical (unpaired) electrons. The standard InChI is InChI=1S/C17H24N2O7S/c1-23-14-6-4-5-13(11-14)16(20)18-9-10-27(21,22)19-12-17(25-3)8-7-15(24-2)26-17/h4-8,11,15,19H,9-10,12H2,1-3H3,(H,18,20)/t15-,17+/m0/s1. The highest BCUT2D eigenvalue weighted by molar-refractivity contribution is 7.89. The first kappa shape index (κ1) is 21.3. The summed E-state index contributed by atoms with van der Waals surface area (Å²) in [6.45, 7) is -0.172. The molecule has 1 aromatic carbocycles.